The smallest absolute Gasteiger partial charge is 0.0543 e. The van der Waals surface area contributed by atoms with Crippen molar-refractivity contribution in [3.05, 3.63) is 162 Å². The second kappa shape index (κ2) is 9.31. The van der Waals surface area contributed by atoms with Gasteiger partial charge in [0.05, 0.1) is 5.69 Å². The van der Waals surface area contributed by atoms with E-state index in [1.54, 1.807) is 0 Å². The number of hydrogen-bond donors (Lipinski definition) is 0. The van der Waals surface area contributed by atoms with Crippen molar-refractivity contribution in [1.29, 1.82) is 0 Å². The lowest BCUT2D eigenvalue weighted by Gasteiger charge is -2.30. The van der Waals surface area contributed by atoms with Gasteiger partial charge in [-0.05, 0) is 80.4 Å². The Kier molecular flexibility index (Phi) is 5.59. The molecular formula is C42H35N. The van der Waals surface area contributed by atoms with Crippen LogP contribution in [-0.4, -0.2) is 0 Å². The Hall–Kier alpha value is -4.88. The molecule has 0 spiro atoms. The first-order valence-corrected chi connectivity index (χ1v) is 15.3. The van der Waals surface area contributed by atoms with Crippen LogP contribution in [0, 0.1) is 0 Å². The van der Waals surface area contributed by atoms with E-state index in [0.717, 1.165) is 5.69 Å². The normalized spacial score (nSPS) is 14.9. The minimum atomic E-state index is -0.0638. The highest BCUT2D eigenvalue weighted by Gasteiger charge is 2.39. The zero-order valence-electron chi connectivity index (χ0n) is 25.2. The first kappa shape index (κ1) is 25.8. The molecule has 0 atom stereocenters. The first-order chi connectivity index (χ1) is 20.9. The molecule has 0 fully saturated rings. The van der Waals surface area contributed by atoms with E-state index < -0.39 is 0 Å². The van der Waals surface area contributed by atoms with E-state index in [0.29, 0.717) is 0 Å². The highest BCUT2D eigenvalue weighted by molar-refractivity contribution is 5.96. The topological polar surface area (TPSA) is 3.24 Å². The molecule has 0 unspecified atom stereocenters. The summed E-state index contributed by atoms with van der Waals surface area (Å²) in [6.45, 7) is 9.41. The van der Waals surface area contributed by atoms with Crippen LogP contribution in [-0.2, 0) is 10.8 Å². The van der Waals surface area contributed by atoms with Gasteiger partial charge in [0.1, 0.15) is 0 Å². The quantitative estimate of drug-likeness (QED) is 0.210. The molecule has 43 heavy (non-hydrogen) atoms. The Morgan fingerprint density at radius 1 is 0.395 bits per heavy atom. The fourth-order valence-electron chi connectivity index (χ4n) is 7.63. The Labute approximate surface area is 255 Å². The molecule has 0 aliphatic heterocycles. The van der Waals surface area contributed by atoms with E-state index in [2.05, 4.69) is 172 Å². The van der Waals surface area contributed by atoms with Crippen molar-refractivity contribution >= 4 is 17.1 Å². The van der Waals surface area contributed by atoms with E-state index in [4.69, 9.17) is 0 Å². The van der Waals surface area contributed by atoms with Crippen LogP contribution in [0.5, 0.6) is 0 Å². The van der Waals surface area contributed by atoms with Crippen molar-refractivity contribution in [3.8, 4) is 33.4 Å². The van der Waals surface area contributed by atoms with E-state index in [1.807, 2.05) is 0 Å². The van der Waals surface area contributed by atoms with Gasteiger partial charge in [-0.25, -0.2) is 0 Å². The Bertz CT molecular complexity index is 2010. The molecule has 0 amide bonds. The highest BCUT2D eigenvalue weighted by atomic mass is 15.1. The van der Waals surface area contributed by atoms with Crippen LogP contribution in [0.25, 0.3) is 33.4 Å². The molecular weight excluding hydrogens is 518 g/mol. The molecule has 0 heterocycles. The minimum absolute atomic E-state index is 0.0242. The molecule has 2 aliphatic rings. The summed E-state index contributed by atoms with van der Waals surface area (Å²) in [4.78, 5) is 2.47. The predicted octanol–water partition coefficient (Wildman–Crippen LogP) is 11.4. The van der Waals surface area contributed by atoms with Gasteiger partial charge in [-0.15, -0.1) is 0 Å². The standard InChI is InChI=1S/C42H35N/c1-41(2)35-17-10-8-15-32(35)34-27-31(25-26-37(34)41)43(30-23-21-29(22-24-30)28-13-6-5-7-14-28)39-20-12-19-38-40(39)33-16-9-11-18-36(33)42(38,3)4/h5-27H,1-4H3. The lowest BCUT2D eigenvalue weighted by atomic mass is 9.82. The molecule has 0 saturated heterocycles. The Morgan fingerprint density at radius 3 is 1.67 bits per heavy atom. The zero-order chi connectivity index (χ0) is 29.3. The number of nitrogens with zero attached hydrogens (tertiary/aromatic N) is 1. The summed E-state index contributed by atoms with van der Waals surface area (Å²) in [5, 5.41) is 0. The maximum absolute atomic E-state index is 2.47. The van der Waals surface area contributed by atoms with Gasteiger partial charge in [-0.1, -0.05) is 137 Å². The molecule has 2 aliphatic carbocycles. The van der Waals surface area contributed by atoms with Gasteiger partial charge in [0.25, 0.3) is 0 Å². The number of fused-ring (bicyclic) bond motifs is 6. The minimum Gasteiger partial charge on any atom is -0.310 e. The summed E-state index contributed by atoms with van der Waals surface area (Å²) >= 11 is 0. The lowest BCUT2D eigenvalue weighted by molar-refractivity contribution is 0.660. The van der Waals surface area contributed by atoms with Crippen molar-refractivity contribution in [1.82, 2.24) is 0 Å². The predicted molar refractivity (Wildman–Crippen MR) is 182 cm³/mol. The van der Waals surface area contributed by atoms with Crippen LogP contribution in [0.4, 0.5) is 17.1 Å². The van der Waals surface area contributed by atoms with Crippen LogP contribution < -0.4 is 4.90 Å². The largest absolute Gasteiger partial charge is 0.310 e. The number of hydrogen-bond acceptors (Lipinski definition) is 1. The van der Waals surface area contributed by atoms with Crippen molar-refractivity contribution in [2.45, 2.75) is 38.5 Å². The second-order valence-electron chi connectivity index (χ2n) is 13.0. The Balaban J connectivity index is 1.36. The summed E-state index contributed by atoms with van der Waals surface area (Å²) in [7, 11) is 0. The molecule has 1 heteroatoms. The molecule has 6 aromatic rings. The van der Waals surface area contributed by atoms with Gasteiger partial charge in [0, 0.05) is 27.8 Å². The molecule has 0 N–H and O–H groups in total. The van der Waals surface area contributed by atoms with Crippen molar-refractivity contribution < 1.29 is 0 Å². The third-order valence-corrected chi connectivity index (χ3v) is 9.88. The third-order valence-electron chi connectivity index (χ3n) is 9.88. The molecule has 208 valence electrons. The van der Waals surface area contributed by atoms with Gasteiger partial charge in [0.2, 0.25) is 0 Å². The van der Waals surface area contributed by atoms with Gasteiger partial charge in [-0.3, -0.25) is 0 Å². The average molecular weight is 554 g/mol. The first-order valence-electron chi connectivity index (χ1n) is 15.3. The number of rotatable bonds is 4. The summed E-state index contributed by atoms with van der Waals surface area (Å²) < 4.78 is 0. The van der Waals surface area contributed by atoms with Gasteiger partial charge in [-0.2, -0.15) is 0 Å². The fourth-order valence-corrected chi connectivity index (χ4v) is 7.63. The Morgan fingerprint density at radius 2 is 0.930 bits per heavy atom. The molecule has 0 aromatic heterocycles. The molecule has 8 rings (SSSR count). The highest BCUT2D eigenvalue weighted by Crippen LogP contribution is 2.55. The molecule has 0 bridgehead atoms. The monoisotopic (exact) mass is 553 g/mol. The van der Waals surface area contributed by atoms with E-state index in [9.17, 15) is 0 Å². The maximum atomic E-state index is 2.47. The van der Waals surface area contributed by atoms with E-state index in [1.165, 1.54) is 67.0 Å². The molecule has 0 radical (unpaired) electrons. The molecule has 1 nitrogen and oxygen atoms in total. The molecule has 0 saturated carbocycles. The van der Waals surface area contributed by atoms with E-state index >= 15 is 0 Å². The summed E-state index contributed by atoms with van der Waals surface area (Å²) in [6, 6.07) is 51.5. The summed E-state index contributed by atoms with van der Waals surface area (Å²) in [5.41, 5.74) is 16.8. The summed E-state index contributed by atoms with van der Waals surface area (Å²) in [6.07, 6.45) is 0. The summed E-state index contributed by atoms with van der Waals surface area (Å²) in [5.74, 6) is 0. The maximum Gasteiger partial charge on any atom is 0.0543 e. The van der Waals surface area contributed by atoms with E-state index in [-0.39, 0.29) is 10.8 Å². The second-order valence-corrected chi connectivity index (χ2v) is 13.0. The van der Waals surface area contributed by atoms with Crippen LogP contribution in [0.2, 0.25) is 0 Å². The number of benzene rings is 6. The van der Waals surface area contributed by atoms with Gasteiger partial charge in [0.15, 0.2) is 0 Å². The van der Waals surface area contributed by atoms with Crippen LogP contribution in [0.15, 0.2) is 140 Å². The van der Waals surface area contributed by atoms with Crippen LogP contribution in [0.1, 0.15) is 49.9 Å². The lowest BCUT2D eigenvalue weighted by Crippen LogP contribution is -2.16. The van der Waals surface area contributed by atoms with Gasteiger partial charge >= 0.3 is 0 Å². The van der Waals surface area contributed by atoms with Crippen LogP contribution >= 0.6 is 0 Å². The van der Waals surface area contributed by atoms with Crippen molar-refractivity contribution in [2.24, 2.45) is 0 Å². The zero-order valence-corrected chi connectivity index (χ0v) is 25.2. The third kappa shape index (κ3) is 3.78. The van der Waals surface area contributed by atoms with Gasteiger partial charge < -0.3 is 4.90 Å². The van der Waals surface area contributed by atoms with Crippen molar-refractivity contribution in [3.63, 3.8) is 0 Å². The fraction of sp³-hybridized carbons (Fsp3) is 0.143. The SMILES string of the molecule is CC1(C)c2ccccc2-c2cc(N(c3ccc(-c4ccccc4)cc3)c3cccc4c3-c3ccccc3C4(C)C)ccc21. The molecule has 6 aromatic carbocycles. The average Bonchev–Trinajstić information content (AvgIpc) is 3.42. The number of anilines is 3. The van der Waals surface area contributed by atoms with Crippen molar-refractivity contribution in [2.75, 3.05) is 4.90 Å². The van der Waals surface area contributed by atoms with Crippen LogP contribution in [0.3, 0.4) is 0 Å².